The number of anilines is 1. The number of nitro groups is 2. The first-order valence-electron chi connectivity index (χ1n) is 9.05. The number of hydrogen-bond donors (Lipinski definition) is 2. The molecule has 0 spiro atoms. The topological polar surface area (TPSA) is 145 Å². The second kappa shape index (κ2) is 8.86. The van der Waals surface area contributed by atoms with Crippen LogP contribution < -0.4 is 10.9 Å². The summed E-state index contributed by atoms with van der Waals surface area (Å²) >= 11 is 0. The maximum Gasteiger partial charge on any atom is 0.301 e. The van der Waals surface area contributed by atoms with E-state index in [1.54, 1.807) is 41.9 Å². The summed E-state index contributed by atoms with van der Waals surface area (Å²) in [6.45, 7) is 3.60. The van der Waals surface area contributed by atoms with Crippen molar-refractivity contribution in [3.63, 3.8) is 0 Å². The molecule has 0 aliphatic heterocycles. The van der Waals surface area contributed by atoms with Crippen molar-refractivity contribution < 1.29 is 14.6 Å². The average molecular weight is 422 g/mol. The van der Waals surface area contributed by atoms with Crippen LogP contribution in [-0.4, -0.2) is 26.6 Å². The van der Waals surface area contributed by atoms with Gasteiger partial charge in [0.05, 0.1) is 22.1 Å². The van der Waals surface area contributed by atoms with Gasteiger partial charge in [-0.2, -0.15) is 5.10 Å². The van der Waals surface area contributed by atoms with Crippen LogP contribution in [0.15, 0.2) is 59.7 Å². The maximum absolute atomic E-state index is 12.4. The number of aryl methyl sites for hydroxylation is 1. The van der Waals surface area contributed by atoms with Gasteiger partial charge in [0.25, 0.3) is 11.6 Å². The Labute approximate surface area is 176 Å². The van der Waals surface area contributed by atoms with E-state index in [1.807, 2.05) is 13.0 Å². The van der Waals surface area contributed by atoms with Gasteiger partial charge in [-0.1, -0.05) is 18.2 Å². The lowest BCUT2D eigenvalue weighted by atomic mass is 10.2. The van der Waals surface area contributed by atoms with Crippen molar-refractivity contribution in [1.82, 2.24) is 4.68 Å². The first kappa shape index (κ1) is 21.2. The highest BCUT2D eigenvalue weighted by Gasteiger charge is 2.19. The van der Waals surface area contributed by atoms with Crippen molar-refractivity contribution in [2.75, 3.05) is 10.9 Å². The monoisotopic (exact) mass is 422 g/mol. The molecule has 1 heterocycles. The standard InChI is InChI=1S/C20H18N6O5/c1-13-10-16(14(2)24(13)23-20(27)15-6-4-3-5-7-15)12-21-22-18-9-8-17(25(28)29)11-19(18)26(30)31/h3-12,22H,1-2H3,(H,23,27)/b21-12-. The summed E-state index contributed by atoms with van der Waals surface area (Å²) in [7, 11) is 0. The third-order valence-corrected chi connectivity index (χ3v) is 4.50. The summed E-state index contributed by atoms with van der Waals surface area (Å²) in [5.41, 5.74) is 7.14. The third-order valence-electron chi connectivity index (χ3n) is 4.50. The van der Waals surface area contributed by atoms with Crippen molar-refractivity contribution in [3.05, 3.63) is 97.3 Å². The normalized spacial score (nSPS) is 10.8. The van der Waals surface area contributed by atoms with Gasteiger partial charge in [0.15, 0.2) is 0 Å². The van der Waals surface area contributed by atoms with Crippen LogP contribution in [0, 0.1) is 34.1 Å². The molecule has 3 aromatic rings. The minimum atomic E-state index is -0.726. The summed E-state index contributed by atoms with van der Waals surface area (Å²) in [4.78, 5) is 33.0. The number of amides is 1. The number of non-ortho nitro benzene ring substituents is 1. The molecule has 0 atom stereocenters. The highest BCUT2D eigenvalue weighted by molar-refractivity contribution is 6.00. The number of benzene rings is 2. The quantitative estimate of drug-likeness (QED) is 0.337. The van der Waals surface area contributed by atoms with Crippen LogP contribution in [-0.2, 0) is 0 Å². The van der Waals surface area contributed by atoms with E-state index in [-0.39, 0.29) is 17.3 Å². The number of hydrazone groups is 1. The van der Waals surface area contributed by atoms with Crippen LogP contribution in [0.25, 0.3) is 0 Å². The predicted molar refractivity (Wildman–Crippen MR) is 115 cm³/mol. The maximum atomic E-state index is 12.4. The molecule has 11 heteroatoms. The molecular formula is C20H18N6O5. The molecule has 0 radical (unpaired) electrons. The molecule has 0 aliphatic rings. The molecule has 0 bridgehead atoms. The van der Waals surface area contributed by atoms with Gasteiger partial charge >= 0.3 is 5.69 Å². The van der Waals surface area contributed by atoms with E-state index in [9.17, 15) is 25.0 Å². The molecule has 1 amide bonds. The van der Waals surface area contributed by atoms with E-state index in [1.165, 1.54) is 12.3 Å². The van der Waals surface area contributed by atoms with Crippen LogP contribution in [0.2, 0.25) is 0 Å². The molecule has 0 unspecified atom stereocenters. The lowest BCUT2D eigenvalue weighted by Crippen LogP contribution is -2.24. The van der Waals surface area contributed by atoms with Crippen molar-refractivity contribution in [3.8, 4) is 0 Å². The number of carbonyl (C=O) groups excluding carboxylic acids is 1. The van der Waals surface area contributed by atoms with Crippen molar-refractivity contribution in [2.24, 2.45) is 5.10 Å². The Morgan fingerprint density at radius 2 is 1.74 bits per heavy atom. The van der Waals surface area contributed by atoms with Crippen LogP contribution in [0.5, 0.6) is 0 Å². The van der Waals surface area contributed by atoms with E-state index in [0.29, 0.717) is 16.8 Å². The number of nitrogens with zero attached hydrogens (tertiary/aromatic N) is 4. The Bertz CT molecular complexity index is 1190. The van der Waals surface area contributed by atoms with Crippen molar-refractivity contribution >= 4 is 29.2 Å². The summed E-state index contributed by atoms with van der Waals surface area (Å²) in [5, 5.41) is 26.0. The minimum Gasteiger partial charge on any atom is -0.272 e. The Morgan fingerprint density at radius 1 is 1.03 bits per heavy atom. The Hall–Kier alpha value is -4.54. The van der Waals surface area contributed by atoms with Gasteiger partial charge in [-0.15, -0.1) is 0 Å². The smallest absolute Gasteiger partial charge is 0.272 e. The lowest BCUT2D eigenvalue weighted by Gasteiger charge is -2.11. The zero-order valence-electron chi connectivity index (χ0n) is 16.6. The van der Waals surface area contributed by atoms with E-state index in [0.717, 1.165) is 17.8 Å². The fraction of sp³-hybridized carbons (Fsp3) is 0.100. The second-order valence-electron chi connectivity index (χ2n) is 6.55. The molecule has 11 nitrogen and oxygen atoms in total. The molecule has 0 saturated carbocycles. The van der Waals surface area contributed by atoms with Gasteiger partial charge in [0, 0.05) is 28.6 Å². The van der Waals surface area contributed by atoms with Crippen LogP contribution in [0.3, 0.4) is 0 Å². The average Bonchev–Trinajstić information content (AvgIpc) is 3.01. The van der Waals surface area contributed by atoms with Gasteiger partial charge in [-0.05, 0) is 38.1 Å². The molecule has 0 fully saturated rings. The lowest BCUT2D eigenvalue weighted by molar-refractivity contribution is -0.393. The number of nitrogens with one attached hydrogen (secondary N) is 2. The van der Waals surface area contributed by atoms with Gasteiger partial charge in [-0.3, -0.25) is 40.6 Å². The molecule has 0 saturated heterocycles. The molecule has 0 aliphatic carbocycles. The highest BCUT2D eigenvalue weighted by atomic mass is 16.6. The molecule has 158 valence electrons. The largest absolute Gasteiger partial charge is 0.301 e. The van der Waals surface area contributed by atoms with E-state index in [2.05, 4.69) is 16.0 Å². The number of carbonyl (C=O) groups is 1. The van der Waals surface area contributed by atoms with Gasteiger partial charge in [0.1, 0.15) is 5.69 Å². The summed E-state index contributed by atoms with van der Waals surface area (Å²) in [5.74, 6) is -0.273. The Kier molecular flexibility index (Phi) is 6.05. The Balaban J connectivity index is 1.78. The molecule has 31 heavy (non-hydrogen) atoms. The highest BCUT2D eigenvalue weighted by Crippen LogP contribution is 2.28. The third kappa shape index (κ3) is 4.72. The predicted octanol–water partition coefficient (Wildman–Crippen LogP) is 3.75. The number of hydrogen-bond acceptors (Lipinski definition) is 7. The number of aromatic nitrogens is 1. The summed E-state index contributed by atoms with van der Waals surface area (Å²) in [6.07, 6.45) is 1.44. The fourth-order valence-corrected chi connectivity index (χ4v) is 2.90. The molecule has 2 N–H and O–H groups in total. The zero-order chi connectivity index (χ0) is 22.5. The molecule has 1 aromatic heterocycles. The summed E-state index contributed by atoms with van der Waals surface area (Å²) < 4.78 is 1.62. The van der Waals surface area contributed by atoms with Crippen LogP contribution in [0.1, 0.15) is 27.3 Å². The Morgan fingerprint density at radius 3 is 2.39 bits per heavy atom. The second-order valence-corrected chi connectivity index (χ2v) is 6.55. The first-order valence-corrected chi connectivity index (χ1v) is 9.05. The van der Waals surface area contributed by atoms with Crippen LogP contribution >= 0.6 is 0 Å². The zero-order valence-corrected chi connectivity index (χ0v) is 16.6. The van der Waals surface area contributed by atoms with Gasteiger partial charge in [0.2, 0.25) is 0 Å². The van der Waals surface area contributed by atoms with Crippen molar-refractivity contribution in [1.29, 1.82) is 0 Å². The van der Waals surface area contributed by atoms with Gasteiger partial charge in [-0.25, -0.2) is 0 Å². The number of rotatable bonds is 7. The van der Waals surface area contributed by atoms with E-state index < -0.39 is 15.5 Å². The number of nitro benzene ring substituents is 2. The van der Waals surface area contributed by atoms with Crippen LogP contribution in [0.4, 0.5) is 17.1 Å². The fourth-order valence-electron chi connectivity index (χ4n) is 2.90. The minimum absolute atomic E-state index is 0.0121. The molecule has 2 aromatic carbocycles. The molecule has 3 rings (SSSR count). The van der Waals surface area contributed by atoms with Gasteiger partial charge < -0.3 is 0 Å². The van der Waals surface area contributed by atoms with E-state index >= 15 is 0 Å². The SMILES string of the molecule is Cc1cc(/C=N\Nc2ccc([N+](=O)[O-])cc2[N+](=O)[O-])c(C)n1NC(=O)c1ccccc1. The van der Waals surface area contributed by atoms with Crippen molar-refractivity contribution in [2.45, 2.75) is 13.8 Å². The summed E-state index contributed by atoms with van der Waals surface area (Å²) in [6, 6.07) is 13.8. The molecular weight excluding hydrogens is 404 g/mol. The first-order chi connectivity index (χ1) is 14.8. The van der Waals surface area contributed by atoms with E-state index in [4.69, 9.17) is 0 Å².